The van der Waals surface area contributed by atoms with E-state index in [-0.39, 0.29) is 0 Å². The van der Waals surface area contributed by atoms with Crippen molar-refractivity contribution >= 4 is 16.7 Å². The smallest absolute Gasteiger partial charge is 0.153 e. The first kappa shape index (κ1) is 6.22. The Morgan fingerprint density at radius 3 is 3.18 bits per heavy atom. The van der Waals surface area contributed by atoms with Crippen molar-refractivity contribution in [3.63, 3.8) is 0 Å². The summed E-state index contributed by atoms with van der Waals surface area (Å²) in [7, 11) is 0. The molecule has 1 aromatic carbocycles. The number of nitrogens with two attached hydrogens (primary N) is 1. The van der Waals surface area contributed by atoms with E-state index in [0.717, 1.165) is 16.5 Å². The second kappa shape index (κ2) is 1.99. The Bertz CT molecular complexity index is 389. The maximum atomic E-state index is 5.61. The summed E-state index contributed by atoms with van der Waals surface area (Å²) in [6.45, 7) is 1.97. The van der Waals surface area contributed by atoms with Crippen LogP contribution in [0.25, 0.3) is 10.9 Å². The minimum atomic E-state index is 0.550. The van der Waals surface area contributed by atoms with Crippen LogP contribution in [0, 0.1) is 13.0 Å². The molecule has 0 saturated heterocycles. The number of H-pyrrole nitrogens is 1. The van der Waals surface area contributed by atoms with E-state index in [9.17, 15) is 0 Å². The summed E-state index contributed by atoms with van der Waals surface area (Å²) < 4.78 is 0. The quantitative estimate of drug-likeness (QED) is 0.587. The molecule has 0 amide bonds. The van der Waals surface area contributed by atoms with Gasteiger partial charge in [-0.2, -0.15) is 5.10 Å². The molecule has 0 bridgehead atoms. The van der Waals surface area contributed by atoms with Gasteiger partial charge < -0.3 is 5.73 Å². The number of nitrogens with zero attached hydrogens (tertiary/aromatic N) is 1. The second-order valence-corrected chi connectivity index (χ2v) is 2.50. The highest BCUT2D eigenvalue weighted by Gasteiger charge is 2.02. The molecular weight excluding hydrogens is 138 g/mol. The summed E-state index contributed by atoms with van der Waals surface area (Å²) in [4.78, 5) is 0. The number of aromatic nitrogens is 2. The number of aromatic amines is 1. The van der Waals surface area contributed by atoms with Crippen molar-refractivity contribution in [2.24, 2.45) is 0 Å². The first-order valence-corrected chi connectivity index (χ1v) is 3.40. The van der Waals surface area contributed by atoms with Crippen LogP contribution in [0.4, 0.5) is 5.82 Å². The molecule has 0 aliphatic carbocycles. The van der Waals surface area contributed by atoms with Gasteiger partial charge in [0.2, 0.25) is 0 Å². The molecule has 3 N–H and O–H groups in total. The topological polar surface area (TPSA) is 54.7 Å². The lowest BCUT2D eigenvalue weighted by molar-refractivity contribution is 1.13. The van der Waals surface area contributed by atoms with Crippen LogP contribution in [0.15, 0.2) is 12.1 Å². The standard InChI is InChI=1S/C8H8N3/c1-5-3-2-4-6-7(5)8(9)11-10-6/h2,4H,1H3,(H3,9,10,11). The van der Waals surface area contributed by atoms with Crippen molar-refractivity contribution in [3.05, 3.63) is 23.8 Å². The van der Waals surface area contributed by atoms with Crippen LogP contribution in [0.2, 0.25) is 0 Å². The predicted molar refractivity (Wildman–Crippen MR) is 44.1 cm³/mol. The van der Waals surface area contributed by atoms with Crippen molar-refractivity contribution in [1.29, 1.82) is 0 Å². The third-order valence-corrected chi connectivity index (χ3v) is 1.75. The lowest BCUT2D eigenvalue weighted by atomic mass is 10.1. The van der Waals surface area contributed by atoms with Crippen LogP contribution in [0.1, 0.15) is 5.56 Å². The van der Waals surface area contributed by atoms with Crippen molar-refractivity contribution in [2.75, 3.05) is 5.73 Å². The number of benzene rings is 1. The van der Waals surface area contributed by atoms with E-state index < -0.39 is 0 Å². The zero-order valence-electron chi connectivity index (χ0n) is 6.18. The van der Waals surface area contributed by atoms with Gasteiger partial charge in [-0.15, -0.1) is 0 Å². The minimum absolute atomic E-state index is 0.550. The van der Waals surface area contributed by atoms with E-state index in [1.807, 2.05) is 19.1 Å². The van der Waals surface area contributed by atoms with Crippen LogP contribution < -0.4 is 5.73 Å². The molecule has 0 aliphatic rings. The molecule has 0 aliphatic heterocycles. The van der Waals surface area contributed by atoms with E-state index >= 15 is 0 Å². The fraction of sp³-hybridized carbons (Fsp3) is 0.125. The van der Waals surface area contributed by atoms with Gasteiger partial charge in [0.25, 0.3) is 0 Å². The monoisotopic (exact) mass is 146 g/mol. The molecule has 3 heteroatoms. The Labute approximate surface area is 64.2 Å². The molecule has 2 aromatic rings. The first-order valence-electron chi connectivity index (χ1n) is 3.40. The zero-order chi connectivity index (χ0) is 7.84. The van der Waals surface area contributed by atoms with Gasteiger partial charge in [-0.25, -0.2) is 0 Å². The fourth-order valence-electron chi connectivity index (χ4n) is 1.21. The van der Waals surface area contributed by atoms with Gasteiger partial charge in [0.05, 0.1) is 5.52 Å². The predicted octanol–water partition coefficient (Wildman–Crippen LogP) is 1.25. The van der Waals surface area contributed by atoms with E-state index in [0.29, 0.717) is 5.82 Å². The average molecular weight is 146 g/mol. The van der Waals surface area contributed by atoms with E-state index in [2.05, 4.69) is 16.3 Å². The van der Waals surface area contributed by atoms with Crippen molar-refractivity contribution in [1.82, 2.24) is 10.2 Å². The summed E-state index contributed by atoms with van der Waals surface area (Å²) in [5.74, 6) is 0.550. The number of rotatable bonds is 0. The largest absolute Gasteiger partial charge is 0.382 e. The number of anilines is 1. The van der Waals surface area contributed by atoms with E-state index in [1.54, 1.807) is 0 Å². The molecule has 1 aromatic heterocycles. The summed E-state index contributed by atoms with van der Waals surface area (Å²) in [6, 6.07) is 6.83. The van der Waals surface area contributed by atoms with Crippen molar-refractivity contribution in [2.45, 2.75) is 6.92 Å². The molecule has 55 valence electrons. The molecule has 1 heterocycles. The number of hydrogen-bond donors (Lipinski definition) is 2. The fourth-order valence-corrected chi connectivity index (χ4v) is 1.21. The maximum absolute atomic E-state index is 5.61. The molecule has 3 nitrogen and oxygen atoms in total. The van der Waals surface area contributed by atoms with Gasteiger partial charge in [0.1, 0.15) is 0 Å². The van der Waals surface area contributed by atoms with Gasteiger partial charge in [-0.05, 0) is 24.6 Å². The molecule has 0 atom stereocenters. The highest BCUT2D eigenvalue weighted by molar-refractivity contribution is 5.91. The number of hydrogen-bond acceptors (Lipinski definition) is 2. The van der Waals surface area contributed by atoms with E-state index in [1.165, 1.54) is 0 Å². The van der Waals surface area contributed by atoms with Crippen LogP contribution in [-0.2, 0) is 0 Å². The molecule has 11 heavy (non-hydrogen) atoms. The number of aryl methyl sites for hydroxylation is 1. The molecule has 0 unspecified atom stereocenters. The lowest BCUT2D eigenvalue weighted by Gasteiger charge is -1.92. The first-order chi connectivity index (χ1) is 5.29. The number of nitrogen functional groups attached to an aromatic ring is 1. The molecule has 1 radical (unpaired) electrons. The highest BCUT2D eigenvalue weighted by Crippen LogP contribution is 2.20. The molecule has 0 fully saturated rings. The van der Waals surface area contributed by atoms with Gasteiger partial charge >= 0.3 is 0 Å². The second-order valence-electron chi connectivity index (χ2n) is 2.50. The van der Waals surface area contributed by atoms with Crippen LogP contribution >= 0.6 is 0 Å². The van der Waals surface area contributed by atoms with E-state index in [4.69, 9.17) is 5.73 Å². The van der Waals surface area contributed by atoms with Crippen LogP contribution in [0.5, 0.6) is 0 Å². The zero-order valence-corrected chi connectivity index (χ0v) is 6.18. The minimum Gasteiger partial charge on any atom is -0.382 e. The van der Waals surface area contributed by atoms with Crippen LogP contribution in [0.3, 0.4) is 0 Å². The van der Waals surface area contributed by atoms with Crippen molar-refractivity contribution in [3.8, 4) is 0 Å². The Morgan fingerprint density at radius 2 is 2.45 bits per heavy atom. The normalized spacial score (nSPS) is 10.6. The molecule has 2 rings (SSSR count). The van der Waals surface area contributed by atoms with Crippen molar-refractivity contribution < 1.29 is 0 Å². The number of fused-ring (bicyclic) bond motifs is 1. The van der Waals surface area contributed by atoms with Gasteiger partial charge in [-0.1, -0.05) is 6.07 Å². The third-order valence-electron chi connectivity index (χ3n) is 1.75. The Kier molecular flexibility index (Phi) is 1.12. The lowest BCUT2D eigenvalue weighted by Crippen LogP contribution is -1.85. The Balaban J connectivity index is 2.96. The Morgan fingerprint density at radius 1 is 1.64 bits per heavy atom. The third kappa shape index (κ3) is 0.774. The maximum Gasteiger partial charge on any atom is 0.153 e. The average Bonchev–Trinajstić information content (AvgIpc) is 2.34. The summed E-state index contributed by atoms with van der Waals surface area (Å²) >= 11 is 0. The molecular formula is C8H8N3. The summed E-state index contributed by atoms with van der Waals surface area (Å²) in [5.41, 5.74) is 7.62. The Hall–Kier alpha value is -1.51. The SMILES string of the molecule is Cc1[c]ccc2[nH]nc(N)c12. The molecule has 0 saturated carbocycles. The summed E-state index contributed by atoms with van der Waals surface area (Å²) in [6.07, 6.45) is 0. The van der Waals surface area contributed by atoms with Gasteiger partial charge in [0.15, 0.2) is 5.82 Å². The van der Waals surface area contributed by atoms with Gasteiger partial charge in [0, 0.05) is 5.39 Å². The number of nitrogens with one attached hydrogen (secondary N) is 1. The van der Waals surface area contributed by atoms with Crippen LogP contribution in [-0.4, -0.2) is 10.2 Å². The highest BCUT2D eigenvalue weighted by atomic mass is 15.1. The summed E-state index contributed by atoms with van der Waals surface area (Å²) in [5, 5.41) is 7.70. The molecule has 0 spiro atoms. The van der Waals surface area contributed by atoms with Gasteiger partial charge in [-0.3, -0.25) is 5.10 Å².